The standard InChI is InChI=1S/C24H27N7O2.C12H13ClN4O.C12H15N3O3.C11H17NO4.C11H19NO3.C6H3Cl2N3.2C6H11NO.C5H9ClO2.C5H11NO.B.Na.H/c1-14-7-17(10-21(33-3)15(14)2)29-11-22(25-13-29)26-24-27-23(19-5-4-6-30(19)28-24)31-18(12-32)8-16-9-20(16)31;13-12-14-11(9-2-1-3-16(9)15-12)17-8(6-18)4-7-5-10(7)17;1-16-9-4-7(8-6-14-12(13)15-8)5-10(17-2)11(9)18-3;1-11(2,3)16-10(15)12-7-4-6(7)5-8(12)9(13)14;1-11(2,3)15-10(14)12-8(6-13)4-7-5-9(7)12;7-5-4-2-1-3-11(4)10-6(8)9-5;2*8-3-5-1-4-2-6(4)7-5;1-4(2)3-8-5(6)7;1-6-2-4-7-5-3-6;;;/h4-7,10-11,13,16,18,20,32H,8-9,12H2,1-3H3,(H,26,28);1-3,7-8,10,18H,4-6H2;4-6,8H,1-3H3,(H2,13,15);6-8H,4-5H2,1-3H3,(H,13,14);7-9,13H,4-6H2,1-3H3;1-3H;2*4-8H,1-3H2;4H,3H2,1-2H3;2-5H2,1H3;;;/q;;;;;;;;;;;+1;-1/t16-,18-,20+;7-,8-,10+;;6-,7-,8+;7-,8-,9+;;2*4-,5-,6+;;;;;/m00.10.00...../s1. The summed E-state index contributed by atoms with van der Waals surface area (Å²) in [7, 11) is 8.50. The zero-order chi connectivity index (χ0) is 102. The summed E-state index contributed by atoms with van der Waals surface area (Å²) in [6.07, 6.45) is 23.2. The summed E-state index contributed by atoms with van der Waals surface area (Å²) in [4.78, 5) is 80.2. The zero-order valence-electron chi connectivity index (χ0n) is 85.6. The number of methoxy groups -OCH3 is 4. The fraction of sp³-hybridized carbons (Fsp3) is 0.602. The number of aliphatic imine (C=N–C) groups is 2. The van der Waals surface area contributed by atoms with E-state index in [9.17, 15) is 34.5 Å². The van der Waals surface area contributed by atoms with Gasteiger partial charge in [0.15, 0.2) is 34.1 Å². The van der Waals surface area contributed by atoms with E-state index >= 15 is 0 Å². The minimum atomic E-state index is -0.932. The van der Waals surface area contributed by atoms with Crippen LogP contribution in [0.1, 0.15) is 157 Å². The first kappa shape index (κ1) is 113. The Labute approximate surface area is 884 Å². The number of carboxylic acids is 1. The van der Waals surface area contributed by atoms with Gasteiger partial charge in [0.05, 0.1) is 111 Å². The number of benzene rings is 2. The Morgan fingerprint density at radius 3 is 1.53 bits per heavy atom. The predicted molar refractivity (Wildman–Crippen MR) is 545 cm³/mol. The molecule has 3 radical (unpaired) electrons. The number of fused-ring (bicyclic) bond motifs is 9. The number of aryl methyl sites for hydroxylation is 1. The van der Waals surface area contributed by atoms with Gasteiger partial charge in [0.25, 0.3) is 0 Å². The van der Waals surface area contributed by atoms with Crippen LogP contribution in [0.25, 0.3) is 22.2 Å². The van der Waals surface area contributed by atoms with Crippen LogP contribution in [0.3, 0.4) is 0 Å². The van der Waals surface area contributed by atoms with E-state index in [1.54, 1.807) is 81.9 Å². The van der Waals surface area contributed by atoms with Crippen molar-refractivity contribution < 1.29 is 119 Å². The molecular weight excluding hydrogens is 1950 g/mol. The fourth-order valence-electron chi connectivity index (χ4n) is 19.4. The van der Waals surface area contributed by atoms with E-state index in [4.69, 9.17) is 106 Å². The average Bonchev–Trinajstić information content (AvgIpc) is 1.58. The molecule has 2 aromatic carbocycles. The van der Waals surface area contributed by atoms with Crippen molar-refractivity contribution in [2.45, 2.75) is 236 Å². The Balaban J connectivity index is 0.000000159. The third-order valence-electron chi connectivity index (χ3n) is 27.1. The molecule has 15 heterocycles. The van der Waals surface area contributed by atoms with Crippen molar-refractivity contribution in [3.05, 3.63) is 124 Å². The maximum atomic E-state index is 11.9. The van der Waals surface area contributed by atoms with Crippen LogP contribution in [0.4, 0.5) is 37.8 Å². The first-order valence-corrected chi connectivity index (χ1v) is 50.0. The van der Waals surface area contributed by atoms with Gasteiger partial charge in [-0.3, -0.25) is 9.80 Å². The van der Waals surface area contributed by atoms with Crippen LogP contribution < -0.4 is 80.0 Å². The molecule has 7 aromatic heterocycles. The van der Waals surface area contributed by atoms with E-state index in [-0.39, 0.29) is 112 Å². The molecule has 19 atom stereocenters. The van der Waals surface area contributed by atoms with Gasteiger partial charge in [0, 0.05) is 112 Å². The van der Waals surface area contributed by atoms with Gasteiger partial charge in [-0.25, -0.2) is 52.7 Å². The van der Waals surface area contributed by atoms with E-state index in [1.165, 1.54) is 43.4 Å². The second kappa shape index (κ2) is 50.1. The SMILES string of the molecule is CC(C)(C)OC(=O)N1[C@@H]2C[C@@H]2C[C@H]1C(=O)O.CC(C)(C)OC(=O)N1[C@H](CO)C[C@H]2C[C@H]21.CC(C)COC(=O)Cl.CN1CCOCC1.COc1cc(-n2cnc(Nc3nc(N4[C@H](CO)C[C@H]5C[C@H]54)c4cccn4n3)c2)cc(C)c1C.COc1cc(C2C=NC(N)=N2)cc(OC)c1OC.Clc1nc(Cl)c2cccn2n1.OC[C@@H]1C[C@H]2C[C@H]2N1.OC[C@@H]1C[C@H]2C[C@H]2N1.OC[C@@H]1C[C@H]2C[C@H]2N1c1nc(Cl)nn2cccc12.[B].[H-].[Na+]. The molecule has 0 spiro atoms. The number of likely N-dealkylation sites (N-methyl/N-ethyl adjacent to an activating group) is 1. The zero-order valence-corrected chi connectivity index (χ0v) is 89.7. The number of aromatic nitrogens is 11. The van der Waals surface area contributed by atoms with Crippen LogP contribution in [-0.4, -0.2) is 328 Å². The Bertz CT molecular complexity index is 5830. The van der Waals surface area contributed by atoms with E-state index in [0.29, 0.717) is 120 Å². The summed E-state index contributed by atoms with van der Waals surface area (Å²) >= 11 is 22.1. The van der Waals surface area contributed by atoms with Crippen LogP contribution in [0, 0.1) is 55.3 Å². The summed E-state index contributed by atoms with van der Waals surface area (Å²) in [5, 5.41) is 78.2. The van der Waals surface area contributed by atoms with E-state index in [0.717, 1.165) is 139 Å². The van der Waals surface area contributed by atoms with E-state index in [2.05, 4.69) is 103 Å². The summed E-state index contributed by atoms with van der Waals surface area (Å²) in [5.74, 6) is 9.29. The van der Waals surface area contributed by atoms with Crippen molar-refractivity contribution >= 4 is 131 Å². The Hall–Kier alpha value is -9.41. The van der Waals surface area contributed by atoms with Crippen molar-refractivity contribution in [1.82, 2.24) is 78.7 Å². The number of ether oxygens (including phenoxy) is 8. The smallest absolute Gasteiger partial charge is 1.00 e. The molecular formula is C98H137BCl4N22NaO18. The number of carbonyl (C=O) groups is 4. The Kier molecular flexibility index (Phi) is 39.4. The second-order valence-corrected chi connectivity index (χ2v) is 41.8. The van der Waals surface area contributed by atoms with Gasteiger partial charge in [-0.1, -0.05) is 25.4 Å². The van der Waals surface area contributed by atoms with Gasteiger partial charge in [0.2, 0.25) is 28.2 Å². The number of halogens is 4. The summed E-state index contributed by atoms with van der Waals surface area (Å²) in [5.41, 5.74) is 10.6. The van der Waals surface area contributed by atoms with Gasteiger partial charge in [-0.15, -0.1) is 15.3 Å². The number of nitrogens with zero attached hydrogens (tertiary/aromatic N) is 18. The van der Waals surface area contributed by atoms with Crippen molar-refractivity contribution in [1.29, 1.82) is 0 Å². The first-order valence-electron chi connectivity index (χ1n) is 48.5. The molecule has 7 saturated heterocycles. The fourth-order valence-corrected chi connectivity index (χ4v) is 20.1. The number of aliphatic carboxylic acids is 1. The van der Waals surface area contributed by atoms with Gasteiger partial charge < -0.3 is 111 Å². The molecule has 40 nitrogen and oxygen atoms in total. The van der Waals surface area contributed by atoms with Crippen molar-refractivity contribution in [2.75, 3.05) is 117 Å². The molecule has 0 bridgehead atoms. The summed E-state index contributed by atoms with van der Waals surface area (Å²) in [6.45, 7) is 24.4. The second-order valence-electron chi connectivity index (χ2n) is 40.5. The number of imidazole rings is 1. The van der Waals surface area contributed by atoms with E-state index < -0.39 is 34.7 Å². The largest absolute Gasteiger partial charge is 1.00 e. The molecule has 779 valence electrons. The topological polar surface area (TPSA) is 475 Å². The van der Waals surface area contributed by atoms with Crippen LogP contribution in [0.15, 0.2) is 102 Å². The molecule has 23 rings (SSSR count). The van der Waals surface area contributed by atoms with Gasteiger partial charge >= 0.3 is 53.1 Å². The van der Waals surface area contributed by atoms with Gasteiger partial charge in [-0.05, 0) is 275 Å². The summed E-state index contributed by atoms with van der Waals surface area (Å²) < 4.78 is 48.5. The van der Waals surface area contributed by atoms with Gasteiger partial charge in [0.1, 0.15) is 51.9 Å². The molecule has 1 unspecified atom stereocenters. The number of carbonyl (C=O) groups excluding carboxylic acids is 3. The van der Waals surface area contributed by atoms with Gasteiger partial charge in [-0.2, -0.15) is 9.97 Å². The molecule has 144 heavy (non-hydrogen) atoms. The van der Waals surface area contributed by atoms with Crippen LogP contribution in [0.5, 0.6) is 23.0 Å². The number of nitrogens with one attached hydrogen (secondary N) is 3. The molecule has 8 aliphatic heterocycles. The number of aliphatic hydroxyl groups is 5. The number of aliphatic hydroxyl groups excluding tert-OH is 5. The number of hydrogen-bond donors (Lipinski definition) is 10. The molecule has 11 N–H and O–H groups in total. The number of likely N-dealkylation sites (tertiary alicyclic amines) is 2. The number of morpholine rings is 1. The maximum absolute atomic E-state index is 11.9. The van der Waals surface area contributed by atoms with Crippen molar-refractivity contribution in [3.8, 4) is 28.7 Å². The van der Waals surface area contributed by atoms with Crippen LogP contribution in [-0.2, 0) is 23.7 Å². The molecule has 46 heteroatoms. The number of amides is 2. The number of piperidine rings is 6. The molecule has 9 aromatic rings. The quantitative estimate of drug-likeness (QED) is 0.0218. The van der Waals surface area contributed by atoms with Crippen molar-refractivity contribution in [3.63, 3.8) is 0 Å². The normalized spacial score (nSPS) is 26.2. The third-order valence-corrected chi connectivity index (χ3v) is 27.8. The minimum Gasteiger partial charge on any atom is -1.00 e. The predicted octanol–water partition coefficient (Wildman–Crippen LogP) is 8.78. The Morgan fingerprint density at radius 2 is 1.08 bits per heavy atom. The molecule has 13 fully saturated rings. The number of anilines is 4. The number of nitrogens with two attached hydrogens (primary N) is 1. The third kappa shape index (κ3) is 29.4. The molecule has 6 saturated carbocycles. The number of hydrogen-bond acceptors (Lipinski definition) is 33. The number of guanidine groups is 1. The maximum Gasteiger partial charge on any atom is 1.00 e. The summed E-state index contributed by atoms with van der Waals surface area (Å²) in [6, 6.07) is 22.5. The number of carboxylic acid groups (broad SMARTS) is 1. The minimum absolute atomic E-state index is 0. The Morgan fingerprint density at radius 1 is 0.597 bits per heavy atom. The number of rotatable bonds is 18. The van der Waals surface area contributed by atoms with Crippen LogP contribution >= 0.6 is 46.4 Å². The monoisotopic (exact) mass is 2080 g/mol. The molecule has 14 aliphatic rings. The van der Waals surface area contributed by atoms with Crippen LogP contribution in [0.2, 0.25) is 15.7 Å². The molecule has 2 amide bonds. The first-order chi connectivity index (χ1) is 67.8. The van der Waals surface area contributed by atoms with E-state index in [1.807, 2.05) is 117 Å². The molecule has 6 aliphatic carbocycles. The average molecular weight is 2090 g/mol. The van der Waals surface area contributed by atoms with Crippen molar-refractivity contribution in [2.24, 2.45) is 57.1 Å².